The highest BCUT2D eigenvalue weighted by molar-refractivity contribution is 7.89. The second-order valence-corrected chi connectivity index (χ2v) is 8.88. The Bertz CT molecular complexity index is 779. The summed E-state index contributed by atoms with van der Waals surface area (Å²) in [5.41, 5.74) is -0.228. The molecule has 1 aliphatic carbocycles. The molecule has 1 saturated carbocycles. The molecule has 0 bridgehead atoms. The summed E-state index contributed by atoms with van der Waals surface area (Å²) in [5.74, 6) is -1.44. The van der Waals surface area contributed by atoms with Crippen molar-refractivity contribution in [1.82, 2.24) is 9.62 Å². The van der Waals surface area contributed by atoms with E-state index in [1.165, 1.54) is 28.6 Å². The molecule has 0 spiro atoms. The Morgan fingerprint density at radius 1 is 1.04 bits per heavy atom. The molecule has 0 atom stereocenters. The summed E-state index contributed by atoms with van der Waals surface area (Å²) in [4.78, 5) is 23.5. The van der Waals surface area contributed by atoms with Crippen LogP contribution in [0.4, 0.5) is 0 Å². The van der Waals surface area contributed by atoms with Crippen LogP contribution in [0.1, 0.15) is 48.9 Å². The Kier molecular flexibility index (Phi) is 5.62. The SMILES string of the molecule is O=C(O)c1ccccc1S(=O)(=O)N1CCC(C(=O)NC2CCCC2)CC1. The number of rotatable bonds is 5. The molecule has 1 amide bonds. The fraction of sp³-hybridized carbons (Fsp3) is 0.556. The molecule has 2 fully saturated rings. The van der Waals surface area contributed by atoms with Gasteiger partial charge in [-0.25, -0.2) is 13.2 Å². The minimum atomic E-state index is -3.89. The highest BCUT2D eigenvalue weighted by atomic mass is 32.2. The number of sulfonamides is 1. The van der Waals surface area contributed by atoms with E-state index in [0.29, 0.717) is 12.8 Å². The number of hydrogen-bond acceptors (Lipinski definition) is 4. The number of nitrogens with zero attached hydrogens (tertiary/aromatic N) is 1. The van der Waals surface area contributed by atoms with Crippen molar-refractivity contribution >= 4 is 21.9 Å². The highest BCUT2D eigenvalue weighted by Gasteiger charge is 2.34. The second-order valence-electron chi connectivity index (χ2n) is 6.97. The Morgan fingerprint density at radius 3 is 2.27 bits per heavy atom. The van der Waals surface area contributed by atoms with Gasteiger partial charge in [0.05, 0.1) is 10.5 Å². The van der Waals surface area contributed by atoms with Gasteiger partial charge in [0.25, 0.3) is 0 Å². The van der Waals surface area contributed by atoms with Gasteiger partial charge >= 0.3 is 5.97 Å². The largest absolute Gasteiger partial charge is 0.478 e. The molecular weight excluding hydrogens is 356 g/mol. The van der Waals surface area contributed by atoms with Gasteiger partial charge in [0, 0.05) is 25.0 Å². The number of carbonyl (C=O) groups excluding carboxylic acids is 1. The van der Waals surface area contributed by atoms with Gasteiger partial charge in [-0.15, -0.1) is 0 Å². The van der Waals surface area contributed by atoms with Crippen LogP contribution in [-0.4, -0.2) is 48.8 Å². The second kappa shape index (κ2) is 7.75. The Balaban J connectivity index is 1.65. The van der Waals surface area contributed by atoms with Crippen LogP contribution in [0.5, 0.6) is 0 Å². The molecular formula is C18H24N2O5S. The van der Waals surface area contributed by atoms with E-state index in [-0.39, 0.29) is 41.4 Å². The van der Waals surface area contributed by atoms with Crippen molar-refractivity contribution in [2.24, 2.45) is 5.92 Å². The molecule has 0 aromatic heterocycles. The fourth-order valence-electron chi connectivity index (χ4n) is 3.75. The average Bonchev–Trinajstić information content (AvgIpc) is 3.14. The van der Waals surface area contributed by atoms with Gasteiger partial charge in [0.15, 0.2) is 0 Å². The number of hydrogen-bond donors (Lipinski definition) is 2. The van der Waals surface area contributed by atoms with Crippen molar-refractivity contribution in [2.45, 2.75) is 49.5 Å². The first-order valence-electron chi connectivity index (χ1n) is 9.02. The highest BCUT2D eigenvalue weighted by Crippen LogP contribution is 2.27. The van der Waals surface area contributed by atoms with Gasteiger partial charge in [-0.3, -0.25) is 4.79 Å². The first kappa shape index (κ1) is 18.8. The van der Waals surface area contributed by atoms with Crippen LogP contribution < -0.4 is 5.32 Å². The molecule has 2 N–H and O–H groups in total. The lowest BCUT2D eigenvalue weighted by Crippen LogP contribution is -2.45. The molecule has 7 nitrogen and oxygen atoms in total. The van der Waals surface area contributed by atoms with Crippen LogP contribution in [0, 0.1) is 5.92 Å². The van der Waals surface area contributed by atoms with E-state index in [1.54, 1.807) is 0 Å². The summed E-state index contributed by atoms with van der Waals surface area (Å²) >= 11 is 0. The van der Waals surface area contributed by atoms with Crippen LogP contribution in [0.3, 0.4) is 0 Å². The molecule has 0 radical (unpaired) electrons. The zero-order valence-corrected chi connectivity index (χ0v) is 15.4. The number of nitrogens with one attached hydrogen (secondary N) is 1. The third-order valence-electron chi connectivity index (χ3n) is 5.26. The molecule has 3 rings (SSSR count). The quantitative estimate of drug-likeness (QED) is 0.811. The van der Waals surface area contributed by atoms with Gasteiger partial charge in [-0.2, -0.15) is 4.31 Å². The maximum Gasteiger partial charge on any atom is 0.337 e. The summed E-state index contributed by atoms with van der Waals surface area (Å²) in [7, 11) is -3.89. The van der Waals surface area contributed by atoms with E-state index in [1.807, 2.05) is 0 Å². The summed E-state index contributed by atoms with van der Waals surface area (Å²) in [6.07, 6.45) is 5.23. The first-order valence-corrected chi connectivity index (χ1v) is 10.5. The van der Waals surface area contributed by atoms with Crippen LogP contribution in [0.25, 0.3) is 0 Å². The van der Waals surface area contributed by atoms with E-state index in [2.05, 4.69) is 5.32 Å². The molecule has 2 aliphatic rings. The van der Waals surface area contributed by atoms with Gasteiger partial charge in [-0.05, 0) is 37.8 Å². The summed E-state index contributed by atoms with van der Waals surface area (Å²) in [5, 5.41) is 12.3. The summed E-state index contributed by atoms with van der Waals surface area (Å²) in [6.45, 7) is 0.443. The maximum absolute atomic E-state index is 12.8. The van der Waals surface area contributed by atoms with Crippen molar-refractivity contribution in [1.29, 1.82) is 0 Å². The van der Waals surface area contributed by atoms with E-state index >= 15 is 0 Å². The minimum Gasteiger partial charge on any atom is -0.478 e. The summed E-state index contributed by atoms with van der Waals surface area (Å²) in [6, 6.07) is 5.88. The Morgan fingerprint density at radius 2 is 1.65 bits per heavy atom. The van der Waals surface area contributed by atoms with Crippen molar-refractivity contribution in [3.63, 3.8) is 0 Å². The normalized spacial score (nSPS) is 20.2. The summed E-state index contributed by atoms with van der Waals surface area (Å²) < 4.78 is 26.9. The molecule has 8 heteroatoms. The molecule has 1 aromatic carbocycles. The first-order chi connectivity index (χ1) is 12.4. The van der Waals surface area contributed by atoms with E-state index in [4.69, 9.17) is 0 Å². The number of carboxylic acid groups (broad SMARTS) is 1. The third kappa shape index (κ3) is 3.91. The predicted molar refractivity (Wildman–Crippen MR) is 95.3 cm³/mol. The molecule has 1 aromatic rings. The lowest BCUT2D eigenvalue weighted by molar-refractivity contribution is -0.126. The maximum atomic E-state index is 12.8. The number of carbonyl (C=O) groups is 2. The molecule has 1 heterocycles. The Hall–Kier alpha value is -1.93. The number of piperidine rings is 1. The topological polar surface area (TPSA) is 104 Å². The number of amides is 1. The van der Waals surface area contributed by atoms with E-state index in [0.717, 1.165) is 25.7 Å². The lowest BCUT2D eigenvalue weighted by atomic mass is 9.97. The molecule has 26 heavy (non-hydrogen) atoms. The Labute approximate surface area is 153 Å². The van der Waals surface area contributed by atoms with Crippen LogP contribution in [0.2, 0.25) is 0 Å². The van der Waals surface area contributed by atoms with Crippen molar-refractivity contribution in [3.05, 3.63) is 29.8 Å². The lowest BCUT2D eigenvalue weighted by Gasteiger charge is -2.31. The smallest absolute Gasteiger partial charge is 0.337 e. The van der Waals surface area contributed by atoms with Crippen molar-refractivity contribution in [3.8, 4) is 0 Å². The standard InChI is InChI=1S/C18H24N2O5S/c21-17(19-14-5-1-2-6-14)13-9-11-20(12-10-13)26(24,25)16-8-4-3-7-15(16)18(22)23/h3-4,7-8,13-14H,1-2,5-6,9-12H2,(H,19,21)(H,22,23). The number of carboxylic acids is 1. The van der Waals surface area contributed by atoms with Gasteiger partial charge in [-0.1, -0.05) is 25.0 Å². The zero-order chi connectivity index (χ0) is 18.7. The van der Waals surface area contributed by atoms with E-state index < -0.39 is 16.0 Å². The monoisotopic (exact) mass is 380 g/mol. The molecule has 142 valence electrons. The third-order valence-corrected chi connectivity index (χ3v) is 7.22. The van der Waals surface area contributed by atoms with E-state index in [9.17, 15) is 23.1 Å². The minimum absolute atomic E-state index is 0.0138. The average molecular weight is 380 g/mol. The van der Waals surface area contributed by atoms with Gasteiger partial charge in [0.1, 0.15) is 0 Å². The molecule has 1 aliphatic heterocycles. The number of aromatic carboxylic acids is 1. The molecule has 1 saturated heterocycles. The van der Waals surface area contributed by atoms with Crippen LogP contribution >= 0.6 is 0 Å². The van der Waals surface area contributed by atoms with Crippen LogP contribution in [-0.2, 0) is 14.8 Å². The van der Waals surface area contributed by atoms with Crippen molar-refractivity contribution in [2.75, 3.05) is 13.1 Å². The van der Waals surface area contributed by atoms with Crippen molar-refractivity contribution < 1.29 is 23.1 Å². The number of benzene rings is 1. The fourth-order valence-corrected chi connectivity index (χ4v) is 5.41. The molecule has 0 unspecified atom stereocenters. The van der Waals surface area contributed by atoms with Crippen LogP contribution in [0.15, 0.2) is 29.2 Å². The predicted octanol–water partition coefficient (Wildman–Crippen LogP) is 1.84. The van der Waals surface area contributed by atoms with Gasteiger partial charge < -0.3 is 10.4 Å². The van der Waals surface area contributed by atoms with Gasteiger partial charge in [0.2, 0.25) is 15.9 Å². The zero-order valence-electron chi connectivity index (χ0n) is 14.6.